The van der Waals surface area contributed by atoms with Crippen LogP contribution in [0.3, 0.4) is 0 Å². The van der Waals surface area contributed by atoms with E-state index >= 15 is 0 Å². The largest absolute Gasteiger partial charge is 0.501 e. The normalized spacial score (nSPS) is 14.6. The van der Waals surface area contributed by atoms with E-state index in [-0.39, 0.29) is 12.3 Å². The fourth-order valence-electron chi connectivity index (χ4n) is 1.55. The molecule has 1 rings (SSSR count). The van der Waals surface area contributed by atoms with Crippen molar-refractivity contribution in [3.05, 3.63) is 23.5 Å². The summed E-state index contributed by atoms with van der Waals surface area (Å²) in [5, 5.41) is 8.42. The lowest BCUT2D eigenvalue weighted by Gasteiger charge is -2.19. The molecule has 0 spiro atoms. The molecular weight excluding hydrogens is 204 g/mol. The number of methoxy groups -OCH3 is 1. The molecule has 1 aliphatic rings. The lowest BCUT2D eigenvalue weighted by atomic mass is 10.0. The Morgan fingerprint density at radius 3 is 2.81 bits per heavy atom. The highest BCUT2D eigenvalue weighted by Gasteiger charge is 2.11. The van der Waals surface area contributed by atoms with Crippen molar-refractivity contribution in [2.24, 2.45) is 0 Å². The van der Waals surface area contributed by atoms with Crippen LogP contribution in [0.25, 0.3) is 0 Å². The Morgan fingerprint density at radius 1 is 1.56 bits per heavy atom. The van der Waals surface area contributed by atoms with Gasteiger partial charge in [-0.1, -0.05) is 11.6 Å². The standard InChI is InChI=1S/C12H16N2O2/c1-14(12(15)7-8-13)9-10-3-5-11(16-2)6-4-10/h3,6H,4-5,7,9H2,1-2H3. The van der Waals surface area contributed by atoms with Crippen LogP contribution in [0.4, 0.5) is 0 Å². The number of ether oxygens (including phenoxy) is 1. The number of amides is 1. The Kier molecular flexibility index (Phi) is 4.59. The highest BCUT2D eigenvalue weighted by atomic mass is 16.5. The van der Waals surface area contributed by atoms with E-state index in [0.29, 0.717) is 6.54 Å². The maximum atomic E-state index is 11.4. The summed E-state index contributed by atoms with van der Waals surface area (Å²) in [5.41, 5.74) is 1.19. The van der Waals surface area contributed by atoms with Gasteiger partial charge in [0, 0.05) is 20.0 Å². The Labute approximate surface area is 95.8 Å². The van der Waals surface area contributed by atoms with E-state index in [9.17, 15) is 4.79 Å². The number of nitrogens with zero attached hydrogens (tertiary/aromatic N) is 2. The average molecular weight is 220 g/mol. The van der Waals surface area contributed by atoms with E-state index < -0.39 is 0 Å². The molecule has 0 unspecified atom stereocenters. The van der Waals surface area contributed by atoms with Crippen molar-refractivity contribution in [3.63, 3.8) is 0 Å². The lowest BCUT2D eigenvalue weighted by molar-refractivity contribution is -0.128. The van der Waals surface area contributed by atoms with Crippen molar-refractivity contribution in [1.29, 1.82) is 5.26 Å². The van der Waals surface area contributed by atoms with Crippen LogP contribution in [0.5, 0.6) is 0 Å². The summed E-state index contributed by atoms with van der Waals surface area (Å²) in [7, 11) is 3.38. The molecule has 0 aromatic rings. The van der Waals surface area contributed by atoms with Gasteiger partial charge < -0.3 is 9.64 Å². The molecule has 0 aromatic heterocycles. The molecule has 0 atom stereocenters. The molecule has 0 heterocycles. The van der Waals surface area contributed by atoms with Crippen molar-refractivity contribution in [3.8, 4) is 6.07 Å². The quantitative estimate of drug-likeness (QED) is 0.676. The van der Waals surface area contributed by atoms with Crippen molar-refractivity contribution >= 4 is 5.91 Å². The highest BCUT2D eigenvalue weighted by Crippen LogP contribution is 2.18. The zero-order valence-electron chi connectivity index (χ0n) is 9.69. The fraction of sp³-hybridized carbons (Fsp3) is 0.500. The molecule has 4 nitrogen and oxygen atoms in total. The smallest absolute Gasteiger partial charge is 0.236 e. The number of rotatable bonds is 4. The van der Waals surface area contributed by atoms with E-state index in [2.05, 4.69) is 6.08 Å². The molecule has 1 amide bonds. The first-order valence-electron chi connectivity index (χ1n) is 5.19. The minimum Gasteiger partial charge on any atom is -0.501 e. The highest BCUT2D eigenvalue weighted by molar-refractivity contribution is 5.78. The van der Waals surface area contributed by atoms with Gasteiger partial charge in [-0.15, -0.1) is 0 Å². The number of allylic oxidation sites excluding steroid dienone is 2. The summed E-state index contributed by atoms with van der Waals surface area (Å²) >= 11 is 0. The number of carbonyl (C=O) groups is 1. The van der Waals surface area contributed by atoms with Crippen LogP contribution in [0.15, 0.2) is 23.5 Å². The fourth-order valence-corrected chi connectivity index (χ4v) is 1.55. The first-order valence-corrected chi connectivity index (χ1v) is 5.19. The van der Waals surface area contributed by atoms with Crippen molar-refractivity contribution in [2.75, 3.05) is 20.7 Å². The second-order valence-electron chi connectivity index (χ2n) is 3.73. The lowest BCUT2D eigenvalue weighted by Crippen LogP contribution is -2.28. The summed E-state index contributed by atoms with van der Waals surface area (Å²) < 4.78 is 5.12. The van der Waals surface area contributed by atoms with E-state index in [1.165, 1.54) is 5.57 Å². The third-order valence-electron chi connectivity index (χ3n) is 2.54. The molecule has 0 saturated carbocycles. The minimum atomic E-state index is -0.134. The molecule has 0 saturated heterocycles. The van der Waals surface area contributed by atoms with Crippen LogP contribution < -0.4 is 0 Å². The Hall–Kier alpha value is -1.76. The number of nitriles is 1. The van der Waals surface area contributed by atoms with Gasteiger partial charge in [-0.2, -0.15) is 5.26 Å². The zero-order valence-corrected chi connectivity index (χ0v) is 9.69. The maximum absolute atomic E-state index is 11.4. The van der Waals surface area contributed by atoms with Gasteiger partial charge in [-0.3, -0.25) is 4.79 Å². The van der Waals surface area contributed by atoms with Crippen LogP contribution in [-0.4, -0.2) is 31.5 Å². The van der Waals surface area contributed by atoms with Crippen LogP contribution in [0.2, 0.25) is 0 Å². The van der Waals surface area contributed by atoms with E-state index in [1.54, 1.807) is 19.1 Å². The Bertz CT molecular complexity index is 364. The molecule has 4 heteroatoms. The SMILES string of the molecule is COC1=CCC(CN(C)C(=O)CC#N)=CC1. The monoisotopic (exact) mass is 220 g/mol. The van der Waals surface area contributed by atoms with Gasteiger partial charge in [0.2, 0.25) is 5.91 Å². The molecule has 86 valence electrons. The van der Waals surface area contributed by atoms with Crippen molar-refractivity contribution < 1.29 is 9.53 Å². The summed E-state index contributed by atoms with van der Waals surface area (Å²) in [6, 6.07) is 1.86. The molecule has 0 radical (unpaired) electrons. The second kappa shape index (κ2) is 5.96. The van der Waals surface area contributed by atoms with Gasteiger partial charge in [0.1, 0.15) is 6.42 Å². The van der Waals surface area contributed by atoms with Crippen molar-refractivity contribution in [2.45, 2.75) is 19.3 Å². The molecule has 0 fully saturated rings. The summed E-state index contributed by atoms with van der Waals surface area (Å²) in [6.45, 7) is 0.591. The van der Waals surface area contributed by atoms with Crippen LogP contribution >= 0.6 is 0 Å². The molecule has 0 N–H and O–H groups in total. The molecule has 0 bridgehead atoms. The van der Waals surface area contributed by atoms with E-state index in [4.69, 9.17) is 10.00 Å². The third-order valence-corrected chi connectivity index (χ3v) is 2.54. The topological polar surface area (TPSA) is 53.3 Å². The number of carbonyl (C=O) groups excluding carboxylic acids is 1. The summed E-state index contributed by atoms with van der Waals surface area (Å²) in [5.74, 6) is 0.833. The third kappa shape index (κ3) is 3.43. The molecule has 0 aromatic carbocycles. The van der Waals surface area contributed by atoms with Gasteiger partial charge in [-0.25, -0.2) is 0 Å². The second-order valence-corrected chi connectivity index (χ2v) is 3.73. The number of hydrogen-bond donors (Lipinski definition) is 0. The van der Waals surface area contributed by atoms with Crippen LogP contribution in [-0.2, 0) is 9.53 Å². The van der Waals surface area contributed by atoms with E-state index in [0.717, 1.165) is 18.6 Å². The van der Waals surface area contributed by atoms with E-state index in [1.807, 2.05) is 12.1 Å². The predicted molar refractivity (Wildman–Crippen MR) is 60.3 cm³/mol. The average Bonchev–Trinajstić information content (AvgIpc) is 2.30. The predicted octanol–water partition coefficient (Wildman–Crippen LogP) is 1.61. The molecular formula is C12H16N2O2. The van der Waals surface area contributed by atoms with Gasteiger partial charge in [0.05, 0.1) is 18.9 Å². The Morgan fingerprint density at radius 2 is 2.31 bits per heavy atom. The summed E-state index contributed by atoms with van der Waals surface area (Å²) in [4.78, 5) is 13.0. The van der Waals surface area contributed by atoms with Gasteiger partial charge in [0.25, 0.3) is 0 Å². The van der Waals surface area contributed by atoms with Gasteiger partial charge >= 0.3 is 0 Å². The van der Waals surface area contributed by atoms with Crippen molar-refractivity contribution in [1.82, 2.24) is 4.90 Å². The molecule has 1 aliphatic carbocycles. The van der Waals surface area contributed by atoms with Gasteiger partial charge in [0.15, 0.2) is 0 Å². The molecule has 0 aliphatic heterocycles. The number of likely N-dealkylation sites (N-methyl/N-ethyl adjacent to an activating group) is 1. The molecule has 16 heavy (non-hydrogen) atoms. The maximum Gasteiger partial charge on any atom is 0.236 e. The minimum absolute atomic E-state index is 0.0526. The zero-order chi connectivity index (χ0) is 12.0. The van der Waals surface area contributed by atoms with Crippen LogP contribution in [0, 0.1) is 11.3 Å². The first-order chi connectivity index (χ1) is 7.67. The summed E-state index contributed by atoms with van der Waals surface area (Å²) in [6.07, 6.45) is 5.65. The Balaban J connectivity index is 2.43. The first kappa shape index (κ1) is 12.3. The van der Waals surface area contributed by atoms with Crippen LogP contribution in [0.1, 0.15) is 19.3 Å². The van der Waals surface area contributed by atoms with Gasteiger partial charge in [-0.05, 0) is 12.5 Å². The number of hydrogen-bond acceptors (Lipinski definition) is 3.